The zero-order chi connectivity index (χ0) is 22.3. The van der Waals surface area contributed by atoms with Gasteiger partial charge in [-0.05, 0) is 18.9 Å². The molecule has 1 fully saturated rings. The van der Waals surface area contributed by atoms with Crippen LogP contribution >= 0.6 is 0 Å². The standard InChI is InChI=1S/C21H23F3N6O/c1-4-12(2)29-7-5-6-14(11-29)28(3)19-17(22)15-9-25-20(31)16(15)18(27-19)13-8-26-30(10-13)21(23)24/h4,8,10,14,21H,1-2,5-7,9,11H2,3H3,(H,25,31). The fraction of sp³-hybridized carbons (Fsp3) is 0.381. The third-order valence-corrected chi connectivity index (χ3v) is 5.87. The fourth-order valence-corrected chi connectivity index (χ4v) is 4.11. The summed E-state index contributed by atoms with van der Waals surface area (Å²) in [6.45, 7) is 6.39. The molecule has 2 aliphatic rings. The molecule has 1 atom stereocenters. The lowest BCUT2D eigenvalue weighted by Gasteiger charge is -2.39. The number of aromatic nitrogens is 3. The molecular formula is C21H23F3N6O. The Hall–Kier alpha value is -3.30. The number of carbonyl (C=O) groups excluding carboxylic acids is 1. The lowest BCUT2D eigenvalue weighted by Crippen LogP contribution is -2.46. The fourth-order valence-electron chi connectivity index (χ4n) is 4.11. The summed E-state index contributed by atoms with van der Waals surface area (Å²) < 4.78 is 41.9. The van der Waals surface area contributed by atoms with Crippen molar-refractivity contribution in [1.82, 2.24) is 25.0 Å². The average Bonchev–Trinajstić information content (AvgIpc) is 3.41. The maximum atomic E-state index is 15.4. The number of amides is 1. The lowest BCUT2D eigenvalue weighted by atomic mass is 10.0. The van der Waals surface area contributed by atoms with Crippen LogP contribution in [0.4, 0.5) is 19.0 Å². The van der Waals surface area contributed by atoms with E-state index in [1.807, 2.05) is 0 Å². The first-order chi connectivity index (χ1) is 14.8. The van der Waals surface area contributed by atoms with Crippen molar-refractivity contribution < 1.29 is 18.0 Å². The van der Waals surface area contributed by atoms with Crippen molar-refractivity contribution in [3.05, 3.63) is 54.3 Å². The van der Waals surface area contributed by atoms with Gasteiger partial charge in [0, 0.05) is 55.7 Å². The Morgan fingerprint density at radius 1 is 1.45 bits per heavy atom. The third-order valence-electron chi connectivity index (χ3n) is 5.87. The van der Waals surface area contributed by atoms with Crippen LogP contribution in [-0.2, 0) is 6.54 Å². The maximum Gasteiger partial charge on any atom is 0.333 e. The third kappa shape index (κ3) is 3.66. The van der Waals surface area contributed by atoms with E-state index in [-0.39, 0.29) is 40.8 Å². The Balaban J connectivity index is 1.75. The molecule has 10 heteroatoms. The Labute approximate surface area is 177 Å². The van der Waals surface area contributed by atoms with Crippen LogP contribution in [-0.4, -0.2) is 51.8 Å². The number of nitrogens with zero attached hydrogens (tertiary/aromatic N) is 5. The van der Waals surface area contributed by atoms with Crippen molar-refractivity contribution in [1.29, 1.82) is 0 Å². The van der Waals surface area contributed by atoms with E-state index in [4.69, 9.17) is 0 Å². The summed E-state index contributed by atoms with van der Waals surface area (Å²) in [5, 5.41) is 6.23. The molecule has 7 nitrogen and oxygen atoms in total. The van der Waals surface area contributed by atoms with Crippen molar-refractivity contribution in [2.24, 2.45) is 0 Å². The van der Waals surface area contributed by atoms with Crippen molar-refractivity contribution in [2.75, 3.05) is 25.0 Å². The van der Waals surface area contributed by atoms with Crippen LogP contribution < -0.4 is 10.2 Å². The molecule has 0 spiro atoms. The monoisotopic (exact) mass is 432 g/mol. The van der Waals surface area contributed by atoms with Gasteiger partial charge in [-0.25, -0.2) is 14.1 Å². The second-order valence-corrected chi connectivity index (χ2v) is 7.67. The van der Waals surface area contributed by atoms with Crippen molar-refractivity contribution in [2.45, 2.75) is 32.0 Å². The highest BCUT2D eigenvalue weighted by Gasteiger charge is 2.34. The number of likely N-dealkylation sites (N-methyl/N-ethyl adjacent to an activating group) is 1. The molecular weight excluding hydrogens is 409 g/mol. The Bertz CT molecular complexity index is 1050. The number of allylic oxidation sites excluding steroid dienone is 1. The number of anilines is 1. The predicted octanol–water partition coefficient (Wildman–Crippen LogP) is 3.32. The number of fused-ring (bicyclic) bond motifs is 1. The average molecular weight is 432 g/mol. The van der Waals surface area contributed by atoms with Crippen LogP contribution in [0, 0.1) is 5.82 Å². The minimum absolute atomic E-state index is 0.0173. The number of hydrogen-bond acceptors (Lipinski definition) is 5. The van der Waals surface area contributed by atoms with Crippen molar-refractivity contribution >= 4 is 11.7 Å². The molecule has 1 N–H and O–H groups in total. The first-order valence-corrected chi connectivity index (χ1v) is 9.94. The first-order valence-electron chi connectivity index (χ1n) is 9.94. The quantitative estimate of drug-likeness (QED) is 0.710. The van der Waals surface area contributed by atoms with E-state index in [1.54, 1.807) is 18.0 Å². The molecule has 0 aliphatic carbocycles. The number of halogens is 3. The zero-order valence-corrected chi connectivity index (χ0v) is 17.1. The SMILES string of the molecule is C=CC(=C)N1CCCC(N(C)c2nc(-c3cnn(C(F)F)c3)c3c(c2F)CNC3=O)C1. The molecule has 2 aliphatic heterocycles. The van der Waals surface area contributed by atoms with Crippen LogP contribution in [0.1, 0.15) is 35.3 Å². The highest BCUT2D eigenvalue weighted by Crippen LogP contribution is 2.35. The van der Waals surface area contributed by atoms with E-state index in [0.717, 1.165) is 31.3 Å². The molecule has 0 saturated carbocycles. The molecule has 1 amide bonds. The summed E-state index contributed by atoms with van der Waals surface area (Å²) in [5.41, 5.74) is 1.42. The number of rotatable bonds is 6. The first kappa shape index (κ1) is 21.0. The molecule has 4 heterocycles. The molecule has 4 rings (SSSR count). The molecule has 1 unspecified atom stereocenters. The molecule has 0 bridgehead atoms. The van der Waals surface area contributed by atoms with Gasteiger partial charge in [-0.3, -0.25) is 4.79 Å². The number of pyridine rings is 1. The van der Waals surface area contributed by atoms with Crippen LogP contribution in [0.2, 0.25) is 0 Å². The number of hydrogen-bond donors (Lipinski definition) is 1. The minimum atomic E-state index is -2.83. The molecule has 2 aromatic heterocycles. The van der Waals surface area contributed by atoms with E-state index < -0.39 is 18.3 Å². The smallest absolute Gasteiger partial charge is 0.333 e. The van der Waals surface area contributed by atoms with Crippen LogP contribution in [0.25, 0.3) is 11.3 Å². The molecule has 31 heavy (non-hydrogen) atoms. The zero-order valence-electron chi connectivity index (χ0n) is 17.1. The van der Waals surface area contributed by atoms with Gasteiger partial charge in [-0.2, -0.15) is 13.9 Å². The minimum Gasteiger partial charge on any atom is -0.370 e. The normalized spacial score (nSPS) is 18.2. The second-order valence-electron chi connectivity index (χ2n) is 7.67. The summed E-state index contributed by atoms with van der Waals surface area (Å²) >= 11 is 0. The van der Waals surface area contributed by atoms with E-state index >= 15 is 4.39 Å². The van der Waals surface area contributed by atoms with Gasteiger partial charge in [-0.1, -0.05) is 13.2 Å². The Morgan fingerprint density at radius 2 is 2.23 bits per heavy atom. The summed E-state index contributed by atoms with van der Waals surface area (Å²) in [6.07, 6.45) is 5.72. The lowest BCUT2D eigenvalue weighted by molar-refractivity contribution is 0.0566. The number of nitrogens with one attached hydrogen (secondary N) is 1. The number of likely N-dealkylation sites (tertiary alicyclic amines) is 1. The molecule has 1 saturated heterocycles. The summed E-state index contributed by atoms with van der Waals surface area (Å²) in [6, 6.07) is -0.0489. The van der Waals surface area contributed by atoms with Crippen LogP contribution in [0.5, 0.6) is 0 Å². The number of carbonyl (C=O) groups is 1. The van der Waals surface area contributed by atoms with Gasteiger partial charge in [0.1, 0.15) is 0 Å². The largest absolute Gasteiger partial charge is 0.370 e. The molecule has 0 radical (unpaired) electrons. The predicted molar refractivity (Wildman–Crippen MR) is 110 cm³/mol. The molecule has 2 aromatic rings. The summed E-state index contributed by atoms with van der Waals surface area (Å²) in [7, 11) is 1.75. The summed E-state index contributed by atoms with van der Waals surface area (Å²) in [5.74, 6) is -0.992. The van der Waals surface area contributed by atoms with E-state index in [1.165, 1.54) is 6.20 Å². The Kier molecular flexibility index (Phi) is 5.47. The highest BCUT2D eigenvalue weighted by atomic mass is 19.3. The second kappa shape index (κ2) is 8.09. The van der Waals surface area contributed by atoms with E-state index in [9.17, 15) is 13.6 Å². The van der Waals surface area contributed by atoms with Gasteiger partial charge in [-0.15, -0.1) is 0 Å². The van der Waals surface area contributed by atoms with Crippen LogP contribution in [0.3, 0.4) is 0 Å². The van der Waals surface area contributed by atoms with Gasteiger partial charge in [0.2, 0.25) is 0 Å². The number of alkyl halides is 2. The van der Waals surface area contributed by atoms with Crippen LogP contribution in [0.15, 0.2) is 37.3 Å². The molecule has 0 aromatic carbocycles. The Morgan fingerprint density at radius 3 is 2.90 bits per heavy atom. The van der Waals surface area contributed by atoms with Gasteiger partial charge >= 0.3 is 6.55 Å². The highest BCUT2D eigenvalue weighted by molar-refractivity contribution is 6.04. The van der Waals surface area contributed by atoms with Gasteiger partial charge in [0.15, 0.2) is 11.6 Å². The van der Waals surface area contributed by atoms with Gasteiger partial charge in [0.05, 0.1) is 17.5 Å². The molecule has 164 valence electrons. The van der Waals surface area contributed by atoms with Crippen molar-refractivity contribution in [3.63, 3.8) is 0 Å². The topological polar surface area (TPSA) is 66.3 Å². The van der Waals surface area contributed by atoms with E-state index in [2.05, 4.69) is 33.5 Å². The maximum absolute atomic E-state index is 15.4. The van der Waals surface area contributed by atoms with E-state index in [0.29, 0.717) is 11.2 Å². The van der Waals surface area contributed by atoms with Gasteiger partial charge in [0.25, 0.3) is 5.91 Å². The summed E-state index contributed by atoms with van der Waals surface area (Å²) in [4.78, 5) is 20.6. The van der Waals surface area contributed by atoms with Crippen molar-refractivity contribution in [3.8, 4) is 11.3 Å². The van der Waals surface area contributed by atoms with Gasteiger partial charge < -0.3 is 15.1 Å². The number of piperidine rings is 1.